The molecular weight excluding hydrogens is 224 g/mol. The zero-order valence-electron chi connectivity index (χ0n) is 8.20. The van der Waals surface area contributed by atoms with E-state index in [-0.39, 0.29) is 12.4 Å². The lowest BCUT2D eigenvalue weighted by molar-refractivity contribution is 0.0187. The number of nitrogens with zero attached hydrogens (tertiary/aromatic N) is 1. The maximum absolute atomic E-state index is 11.7. The number of hydrogen-bond donors (Lipinski definition) is 0. The molecule has 6 heteroatoms. The van der Waals surface area contributed by atoms with Gasteiger partial charge < -0.3 is 4.74 Å². The van der Waals surface area contributed by atoms with Crippen molar-refractivity contribution < 1.29 is 18.3 Å². The van der Waals surface area contributed by atoms with Crippen LogP contribution in [0.3, 0.4) is 0 Å². The Morgan fingerprint density at radius 3 is 2.93 bits per heavy atom. The summed E-state index contributed by atoms with van der Waals surface area (Å²) in [6.07, 6.45) is -1.97. The van der Waals surface area contributed by atoms with Crippen LogP contribution in [0.5, 0.6) is 0 Å². The average Bonchev–Trinajstić information content (AvgIpc) is 2.60. The highest BCUT2D eigenvalue weighted by atomic mass is 32.1. The molecule has 0 unspecified atom stereocenters. The smallest absolute Gasteiger partial charge is 0.261 e. The fraction of sp³-hybridized carbons (Fsp3) is 0.556. The molecule has 1 aromatic heterocycles. The summed E-state index contributed by atoms with van der Waals surface area (Å²) >= 11 is 1.34. The van der Waals surface area contributed by atoms with Crippen molar-refractivity contribution in [1.29, 1.82) is 0 Å². The zero-order valence-corrected chi connectivity index (χ0v) is 9.02. The molecule has 0 spiro atoms. The van der Waals surface area contributed by atoms with Crippen molar-refractivity contribution in [3.8, 4) is 0 Å². The third-order valence-corrected chi connectivity index (χ3v) is 2.53. The Morgan fingerprint density at radius 1 is 1.67 bits per heavy atom. The number of ketones is 1. The topological polar surface area (TPSA) is 39.2 Å². The van der Waals surface area contributed by atoms with Gasteiger partial charge in [-0.2, -0.15) is 0 Å². The van der Waals surface area contributed by atoms with Gasteiger partial charge in [-0.05, 0) is 0 Å². The minimum atomic E-state index is -2.44. The molecule has 0 amide bonds. The summed E-state index contributed by atoms with van der Waals surface area (Å²) in [4.78, 5) is 14.9. The first kappa shape index (κ1) is 12.2. The van der Waals surface area contributed by atoms with Crippen LogP contribution in [0.1, 0.15) is 22.4 Å². The molecule has 0 N–H and O–H groups in total. The predicted molar refractivity (Wildman–Crippen MR) is 52.6 cm³/mol. The Balaban J connectivity index is 2.29. The Morgan fingerprint density at radius 2 is 2.40 bits per heavy atom. The van der Waals surface area contributed by atoms with Crippen LogP contribution in [0.2, 0.25) is 0 Å². The Kier molecular flexibility index (Phi) is 4.77. The van der Waals surface area contributed by atoms with Gasteiger partial charge in [0.15, 0.2) is 5.78 Å². The highest BCUT2D eigenvalue weighted by Gasteiger charge is 2.06. The van der Waals surface area contributed by atoms with Gasteiger partial charge >= 0.3 is 0 Å². The number of alkyl halides is 2. The van der Waals surface area contributed by atoms with Crippen molar-refractivity contribution in [2.45, 2.75) is 19.8 Å². The summed E-state index contributed by atoms with van der Waals surface area (Å²) in [5.41, 5.74) is 0.420. The van der Waals surface area contributed by atoms with E-state index in [4.69, 9.17) is 4.74 Å². The van der Waals surface area contributed by atoms with Crippen molar-refractivity contribution in [2.24, 2.45) is 0 Å². The van der Waals surface area contributed by atoms with Crippen molar-refractivity contribution in [3.63, 3.8) is 0 Å². The van der Waals surface area contributed by atoms with E-state index < -0.39 is 13.0 Å². The van der Waals surface area contributed by atoms with Crippen LogP contribution in [0, 0.1) is 0 Å². The fourth-order valence-corrected chi connectivity index (χ4v) is 1.74. The van der Waals surface area contributed by atoms with E-state index in [2.05, 4.69) is 4.98 Å². The van der Waals surface area contributed by atoms with Gasteiger partial charge in [-0.25, -0.2) is 13.8 Å². The second-order valence-electron chi connectivity index (χ2n) is 2.90. The van der Waals surface area contributed by atoms with Gasteiger partial charge in [0.2, 0.25) is 0 Å². The van der Waals surface area contributed by atoms with E-state index in [1.54, 1.807) is 5.38 Å². The summed E-state index contributed by atoms with van der Waals surface area (Å²) in [5.74, 6) is -0.0917. The molecule has 0 saturated carbocycles. The van der Waals surface area contributed by atoms with Crippen molar-refractivity contribution in [2.75, 3.05) is 13.2 Å². The van der Waals surface area contributed by atoms with E-state index in [1.165, 1.54) is 18.3 Å². The molecular formula is C9H11F2NO2S. The number of halogens is 2. The SMILES string of the molecule is CC(=O)c1csc(CCOCC(F)F)n1. The fourth-order valence-electron chi connectivity index (χ4n) is 0.919. The number of carbonyl (C=O) groups excluding carboxylic acids is 1. The van der Waals surface area contributed by atoms with E-state index in [0.717, 1.165) is 5.01 Å². The normalized spacial score (nSPS) is 10.9. The molecule has 0 bridgehead atoms. The monoisotopic (exact) mass is 235 g/mol. The predicted octanol–water partition coefficient (Wildman–Crippen LogP) is 2.17. The number of aromatic nitrogens is 1. The molecule has 0 aliphatic carbocycles. The average molecular weight is 235 g/mol. The van der Waals surface area contributed by atoms with Gasteiger partial charge in [0.05, 0.1) is 11.6 Å². The van der Waals surface area contributed by atoms with Crippen molar-refractivity contribution in [3.05, 3.63) is 16.1 Å². The molecule has 1 aromatic rings. The summed E-state index contributed by atoms with van der Waals surface area (Å²) in [7, 11) is 0. The minimum absolute atomic E-state index is 0.0917. The summed E-state index contributed by atoms with van der Waals surface area (Å²) in [6.45, 7) is 1.09. The van der Waals surface area contributed by atoms with Crippen molar-refractivity contribution in [1.82, 2.24) is 4.98 Å². The number of ether oxygens (including phenoxy) is 1. The summed E-state index contributed by atoms with van der Waals surface area (Å²) in [5, 5.41) is 2.39. The molecule has 1 rings (SSSR count). The standard InChI is InChI=1S/C9H11F2NO2S/c1-6(13)7-5-15-9(12-7)2-3-14-4-8(10)11/h5,8H,2-4H2,1H3. The van der Waals surface area contributed by atoms with Crippen LogP contribution in [0.15, 0.2) is 5.38 Å². The first-order chi connectivity index (χ1) is 7.09. The van der Waals surface area contributed by atoms with Gasteiger partial charge in [-0.1, -0.05) is 0 Å². The quantitative estimate of drug-likeness (QED) is 0.560. The van der Waals surface area contributed by atoms with Crippen LogP contribution in [-0.2, 0) is 11.2 Å². The van der Waals surface area contributed by atoms with Crippen LogP contribution < -0.4 is 0 Å². The third-order valence-electron chi connectivity index (χ3n) is 1.62. The van der Waals surface area contributed by atoms with E-state index in [0.29, 0.717) is 12.1 Å². The molecule has 0 aromatic carbocycles. The Bertz CT molecular complexity index is 328. The first-order valence-corrected chi connectivity index (χ1v) is 5.29. The maximum atomic E-state index is 11.7. The number of Topliss-reactive ketones (excluding diaryl/α,β-unsaturated/α-hetero) is 1. The van der Waals surface area contributed by atoms with Crippen LogP contribution in [0.25, 0.3) is 0 Å². The van der Waals surface area contributed by atoms with Gasteiger partial charge in [0, 0.05) is 18.7 Å². The number of hydrogen-bond acceptors (Lipinski definition) is 4. The lowest BCUT2D eigenvalue weighted by atomic mass is 10.3. The molecule has 0 aliphatic rings. The first-order valence-electron chi connectivity index (χ1n) is 4.41. The van der Waals surface area contributed by atoms with Gasteiger partial charge in [0.1, 0.15) is 12.3 Å². The summed E-state index contributed by atoms with van der Waals surface area (Å²) < 4.78 is 28.1. The maximum Gasteiger partial charge on any atom is 0.261 e. The molecule has 0 atom stereocenters. The van der Waals surface area contributed by atoms with E-state index in [9.17, 15) is 13.6 Å². The Labute approximate surface area is 90.1 Å². The van der Waals surface area contributed by atoms with Gasteiger partial charge in [-0.15, -0.1) is 11.3 Å². The lowest BCUT2D eigenvalue weighted by Gasteiger charge is -2.00. The third kappa shape index (κ3) is 4.44. The second kappa shape index (κ2) is 5.87. The second-order valence-corrected chi connectivity index (χ2v) is 3.84. The number of rotatable bonds is 6. The minimum Gasteiger partial charge on any atom is -0.375 e. The molecule has 15 heavy (non-hydrogen) atoms. The van der Waals surface area contributed by atoms with Crippen LogP contribution in [0.4, 0.5) is 8.78 Å². The van der Waals surface area contributed by atoms with Crippen molar-refractivity contribution >= 4 is 17.1 Å². The van der Waals surface area contributed by atoms with Gasteiger partial charge in [0.25, 0.3) is 6.43 Å². The largest absolute Gasteiger partial charge is 0.375 e. The summed E-state index contributed by atoms with van der Waals surface area (Å²) in [6, 6.07) is 0. The molecule has 84 valence electrons. The highest BCUT2D eigenvalue weighted by Crippen LogP contribution is 2.11. The molecule has 0 radical (unpaired) electrons. The van der Waals surface area contributed by atoms with Gasteiger partial charge in [-0.3, -0.25) is 4.79 Å². The molecule has 0 saturated heterocycles. The number of thiazole rings is 1. The molecule has 0 fully saturated rings. The molecule has 3 nitrogen and oxygen atoms in total. The van der Waals surface area contributed by atoms with Crippen LogP contribution in [-0.4, -0.2) is 30.4 Å². The van der Waals surface area contributed by atoms with Crippen LogP contribution >= 0.6 is 11.3 Å². The van der Waals surface area contributed by atoms with E-state index >= 15 is 0 Å². The number of carbonyl (C=O) groups is 1. The highest BCUT2D eigenvalue weighted by molar-refractivity contribution is 7.09. The zero-order chi connectivity index (χ0) is 11.3. The molecule has 1 heterocycles. The Hall–Kier alpha value is -0.880. The lowest BCUT2D eigenvalue weighted by Crippen LogP contribution is -2.07. The van der Waals surface area contributed by atoms with E-state index in [1.807, 2.05) is 0 Å². The molecule has 0 aliphatic heterocycles.